The van der Waals surface area contributed by atoms with Crippen molar-refractivity contribution in [3.63, 3.8) is 0 Å². The molecule has 0 unspecified atom stereocenters. The quantitative estimate of drug-likeness (QED) is 0.618. The number of methoxy groups -OCH3 is 1. The summed E-state index contributed by atoms with van der Waals surface area (Å²) in [5.41, 5.74) is 5.94. The Kier molecular flexibility index (Phi) is 5.05. The van der Waals surface area contributed by atoms with Gasteiger partial charge in [0.2, 0.25) is 0 Å². The third-order valence-corrected chi connectivity index (χ3v) is 4.47. The first kappa shape index (κ1) is 14.6. The molecule has 110 valence electrons. The van der Waals surface area contributed by atoms with Crippen LogP contribution in [0.15, 0.2) is 4.99 Å². The van der Waals surface area contributed by atoms with Gasteiger partial charge < -0.3 is 20.1 Å². The highest BCUT2D eigenvalue weighted by molar-refractivity contribution is 5.78. The van der Waals surface area contributed by atoms with E-state index in [1.54, 1.807) is 7.11 Å². The standard InChI is InChI=1S/C14H27N3O2/c1-12-3-7-17(8-4-12)13(15)16-11-14(18-2)5-9-19-10-6-14/h12H,3-11H2,1-2H3,(H2,15,16). The number of guanidine groups is 1. The van der Waals surface area contributed by atoms with Gasteiger partial charge >= 0.3 is 0 Å². The van der Waals surface area contributed by atoms with Crippen LogP contribution in [0.5, 0.6) is 0 Å². The summed E-state index contributed by atoms with van der Waals surface area (Å²) in [6, 6.07) is 0. The maximum absolute atomic E-state index is 6.11. The predicted octanol–water partition coefficient (Wildman–Crippen LogP) is 1.23. The molecule has 2 rings (SSSR count). The van der Waals surface area contributed by atoms with Gasteiger partial charge in [-0.2, -0.15) is 0 Å². The highest BCUT2D eigenvalue weighted by atomic mass is 16.5. The van der Waals surface area contributed by atoms with Crippen LogP contribution < -0.4 is 5.73 Å². The maximum Gasteiger partial charge on any atom is 0.191 e. The first-order chi connectivity index (χ1) is 9.15. The van der Waals surface area contributed by atoms with E-state index in [0.717, 1.165) is 45.1 Å². The zero-order valence-corrected chi connectivity index (χ0v) is 12.2. The number of likely N-dealkylation sites (tertiary alicyclic amines) is 1. The molecule has 0 aromatic heterocycles. The molecule has 5 heteroatoms. The fourth-order valence-corrected chi connectivity index (χ4v) is 2.73. The van der Waals surface area contributed by atoms with E-state index in [4.69, 9.17) is 15.2 Å². The Hall–Kier alpha value is -0.810. The highest BCUT2D eigenvalue weighted by Gasteiger charge is 2.32. The molecule has 0 bridgehead atoms. The lowest BCUT2D eigenvalue weighted by molar-refractivity contribution is -0.0829. The molecule has 0 aromatic rings. The first-order valence-electron chi connectivity index (χ1n) is 7.33. The molecule has 2 heterocycles. The van der Waals surface area contributed by atoms with Crippen molar-refractivity contribution < 1.29 is 9.47 Å². The molecule has 5 nitrogen and oxygen atoms in total. The zero-order valence-electron chi connectivity index (χ0n) is 12.2. The third-order valence-electron chi connectivity index (χ3n) is 4.47. The summed E-state index contributed by atoms with van der Waals surface area (Å²) < 4.78 is 11.1. The van der Waals surface area contributed by atoms with Crippen LogP contribution in [0, 0.1) is 5.92 Å². The molecule has 2 saturated heterocycles. The number of hydrogen-bond acceptors (Lipinski definition) is 3. The molecule has 0 atom stereocenters. The van der Waals surface area contributed by atoms with Crippen molar-refractivity contribution in [2.24, 2.45) is 16.6 Å². The van der Waals surface area contributed by atoms with E-state index >= 15 is 0 Å². The van der Waals surface area contributed by atoms with Crippen molar-refractivity contribution in [3.8, 4) is 0 Å². The van der Waals surface area contributed by atoms with Crippen LogP contribution in [0.3, 0.4) is 0 Å². The lowest BCUT2D eigenvalue weighted by Gasteiger charge is -2.35. The number of ether oxygens (including phenoxy) is 2. The predicted molar refractivity (Wildman–Crippen MR) is 76.3 cm³/mol. The minimum absolute atomic E-state index is 0.175. The molecule has 2 fully saturated rings. The van der Waals surface area contributed by atoms with Gasteiger partial charge in [-0.25, -0.2) is 0 Å². The van der Waals surface area contributed by atoms with Crippen molar-refractivity contribution >= 4 is 5.96 Å². The van der Waals surface area contributed by atoms with Gasteiger partial charge in [0.05, 0.1) is 12.1 Å². The van der Waals surface area contributed by atoms with E-state index < -0.39 is 0 Å². The van der Waals surface area contributed by atoms with E-state index in [1.165, 1.54) is 12.8 Å². The average molecular weight is 269 g/mol. The number of hydrogen-bond donors (Lipinski definition) is 1. The van der Waals surface area contributed by atoms with Crippen molar-refractivity contribution in [1.82, 2.24) is 4.90 Å². The van der Waals surface area contributed by atoms with E-state index in [0.29, 0.717) is 12.5 Å². The molecule has 19 heavy (non-hydrogen) atoms. The molecular weight excluding hydrogens is 242 g/mol. The first-order valence-corrected chi connectivity index (χ1v) is 7.33. The Bertz CT molecular complexity index is 306. The number of piperidine rings is 1. The molecule has 2 N–H and O–H groups in total. The molecule has 2 aliphatic rings. The van der Waals surface area contributed by atoms with Gasteiger partial charge in [0.25, 0.3) is 0 Å². The Labute approximate surface area is 116 Å². The zero-order chi connectivity index (χ0) is 13.7. The molecular formula is C14H27N3O2. The second-order valence-electron chi connectivity index (χ2n) is 5.84. The Morgan fingerprint density at radius 3 is 2.58 bits per heavy atom. The minimum Gasteiger partial charge on any atom is -0.381 e. The van der Waals surface area contributed by atoms with Crippen LogP contribution in [0.2, 0.25) is 0 Å². The summed E-state index contributed by atoms with van der Waals surface area (Å²) in [5, 5.41) is 0. The molecule has 0 amide bonds. The summed E-state index contributed by atoms with van der Waals surface area (Å²) in [7, 11) is 1.76. The van der Waals surface area contributed by atoms with Crippen LogP contribution in [-0.2, 0) is 9.47 Å². The number of nitrogens with zero attached hydrogens (tertiary/aromatic N) is 2. The van der Waals surface area contributed by atoms with Crippen LogP contribution in [-0.4, -0.2) is 56.4 Å². The van der Waals surface area contributed by atoms with Crippen molar-refractivity contribution in [2.45, 2.75) is 38.2 Å². The summed E-state index contributed by atoms with van der Waals surface area (Å²) in [4.78, 5) is 6.78. The normalized spacial score (nSPS) is 25.6. The second-order valence-corrected chi connectivity index (χ2v) is 5.84. The van der Waals surface area contributed by atoms with Gasteiger partial charge in [-0.05, 0) is 18.8 Å². The fourth-order valence-electron chi connectivity index (χ4n) is 2.73. The number of nitrogens with two attached hydrogens (primary N) is 1. The van der Waals surface area contributed by atoms with Gasteiger partial charge in [0, 0.05) is 46.3 Å². The fraction of sp³-hybridized carbons (Fsp3) is 0.929. The van der Waals surface area contributed by atoms with E-state index in [1.807, 2.05) is 0 Å². The molecule has 0 saturated carbocycles. The summed E-state index contributed by atoms with van der Waals surface area (Å²) >= 11 is 0. The summed E-state index contributed by atoms with van der Waals surface area (Å²) in [6.45, 7) is 6.51. The Morgan fingerprint density at radius 2 is 2.00 bits per heavy atom. The lowest BCUT2D eigenvalue weighted by Crippen LogP contribution is -2.45. The summed E-state index contributed by atoms with van der Waals surface area (Å²) in [5.74, 6) is 1.49. The molecule has 0 aromatic carbocycles. The molecule has 0 radical (unpaired) electrons. The SMILES string of the molecule is COC1(CN=C(N)N2CCC(C)CC2)CCOCC1. The van der Waals surface area contributed by atoms with E-state index in [9.17, 15) is 0 Å². The topological polar surface area (TPSA) is 60.1 Å². The molecule has 0 spiro atoms. The molecule has 2 aliphatic heterocycles. The van der Waals surface area contributed by atoms with Crippen LogP contribution in [0.25, 0.3) is 0 Å². The van der Waals surface area contributed by atoms with Crippen LogP contribution in [0.1, 0.15) is 32.6 Å². The largest absolute Gasteiger partial charge is 0.381 e. The van der Waals surface area contributed by atoms with E-state index in [-0.39, 0.29) is 5.60 Å². The van der Waals surface area contributed by atoms with Crippen LogP contribution >= 0.6 is 0 Å². The lowest BCUT2D eigenvalue weighted by atomic mass is 9.94. The highest BCUT2D eigenvalue weighted by Crippen LogP contribution is 2.25. The summed E-state index contributed by atoms with van der Waals surface area (Å²) in [6.07, 6.45) is 4.22. The number of rotatable bonds is 3. The van der Waals surface area contributed by atoms with Crippen molar-refractivity contribution in [3.05, 3.63) is 0 Å². The van der Waals surface area contributed by atoms with Gasteiger partial charge in [0.15, 0.2) is 5.96 Å². The number of aliphatic imine (C=N–C) groups is 1. The third kappa shape index (κ3) is 3.83. The van der Waals surface area contributed by atoms with Gasteiger partial charge in [-0.15, -0.1) is 0 Å². The average Bonchev–Trinajstić information content (AvgIpc) is 2.46. The second kappa shape index (κ2) is 6.57. The van der Waals surface area contributed by atoms with Gasteiger partial charge in [-0.1, -0.05) is 6.92 Å². The Morgan fingerprint density at radius 1 is 1.37 bits per heavy atom. The van der Waals surface area contributed by atoms with Crippen LogP contribution in [0.4, 0.5) is 0 Å². The Balaban J connectivity index is 1.89. The van der Waals surface area contributed by atoms with Gasteiger partial charge in [0.1, 0.15) is 0 Å². The monoisotopic (exact) mass is 269 g/mol. The van der Waals surface area contributed by atoms with E-state index in [2.05, 4.69) is 16.8 Å². The minimum atomic E-state index is -0.175. The van der Waals surface area contributed by atoms with Gasteiger partial charge in [-0.3, -0.25) is 4.99 Å². The molecule has 0 aliphatic carbocycles. The maximum atomic E-state index is 6.11. The van der Waals surface area contributed by atoms with Crippen molar-refractivity contribution in [2.75, 3.05) is 40.0 Å². The smallest absolute Gasteiger partial charge is 0.191 e. The van der Waals surface area contributed by atoms with Crippen molar-refractivity contribution in [1.29, 1.82) is 0 Å².